The molecule has 3 nitrogen and oxygen atoms in total. The number of fused-ring (bicyclic) bond motifs is 1. The lowest BCUT2D eigenvalue weighted by Gasteiger charge is -2.03. The van der Waals surface area contributed by atoms with Crippen LogP contribution in [-0.4, -0.2) is 15.6 Å². The van der Waals surface area contributed by atoms with Gasteiger partial charge < -0.3 is 9.67 Å². The molecule has 0 fully saturated rings. The summed E-state index contributed by atoms with van der Waals surface area (Å²) < 4.78 is 2.93. The third-order valence-corrected chi connectivity index (χ3v) is 3.32. The fraction of sp³-hybridized carbons (Fsp3) is 0.308. The second-order valence-corrected chi connectivity index (χ2v) is 4.97. The lowest BCUT2D eigenvalue weighted by atomic mass is 10.2. The van der Waals surface area contributed by atoms with Gasteiger partial charge in [-0.05, 0) is 24.6 Å². The first-order valence-electron chi connectivity index (χ1n) is 5.65. The summed E-state index contributed by atoms with van der Waals surface area (Å²) in [6.07, 6.45) is 3.88. The van der Waals surface area contributed by atoms with E-state index in [4.69, 9.17) is 0 Å². The summed E-state index contributed by atoms with van der Waals surface area (Å²) in [4.78, 5) is 11.2. The van der Waals surface area contributed by atoms with Gasteiger partial charge in [0.25, 0.3) is 0 Å². The molecule has 0 amide bonds. The highest BCUT2D eigenvalue weighted by Gasteiger charge is 2.13. The quantitative estimate of drug-likeness (QED) is 0.929. The molecule has 1 aromatic carbocycles. The number of aryl methyl sites for hydroxylation is 1. The zero-order valence-electron chi connectivity index (χ0n) is 9.61. The van der Waals surface area contributed by atoms with Crippen molar-refractivity contribution in [2.45, 2.75) is 26.3 Å². The van der Waals surface area contributed by atoms with E-state index in [1.807, 2.05) is 22.8 Å². The number of unbranched alkanes of at least 4 members (excludes halogenated alkanes) is 1. The minimum atomic E-state index is -0.872. The Kier molecular flexibility index (Phi) is 3.52. The first-order chi connectivity index (χ1) is 8.13. The van der Waals surface area contributed by atoms with Crippen molar-refractivity contribution in [3.63, 3.8) is 0 Å². The average Bonchev–Trinajstić information content (AvgIpc) is 2.64. The monoisotopic (exact) mass is 295 g/mol. The highest BCUT2D eigenvalue weighted by molar-refractivity contribution is 9.10. The Balaban J connectivity index is 2.58. The van der Waals surface area contributed by atoms with Gasteiger partial charge in [-0.1, -0.05) is 29.3 Å². The lowest BCUT2D eigenvalue weighted by Crippen LogP contribution is -1.96. The normalized spacial score (nSPS) is 10.9. The van der Waals surface area contributed by atoms with E-state index in [0.29, 0.717) is 5.56 Å². The van der Waals surface area contributed by atoms with Crippen LogP contribution in [0.1, 0.15) is 30.1 Å². The van der Waals surface area contributed by atoms with E-state index >= 15 is 0 Å². The summed E-state index contributed by atoms with van der Waals surface area (Å²) in [5.41, 5.74) is 1.36. The molecular weight excluding hydrogens is 282 g/mol. The number of rotatable bonds is 4. The molecular formula is C13H14BrNO2. The van der Waals surface area contributed by atoms with Crippen LogP contribution in [0.3, 0.4) is 0 Å². The van der Waals surface area contributed by atoms with Crippen molar-refractivity contribution in [1.29, 1.82) is 0 Å². The third kappa shape index (κ3) is 2.36. The zero-order valence-corrected chi connectivity index (χ0v) is 11.2. The number of hydrogen-bond donors (Lipinski definition) is 1. The number of carbonyl (C=O) groups is 1. The first kappa shape index (κ1) is 12.2. The Hall–Kier alpha value is -1.29. The molecule has 90 valence electrons. The van der Waals surface area contributed by atoms with Gasteiger partial charge in [0, 0.05) is 28.1 Å². The van der Waals surface area contributed by atoms with Crippen LogP contribution in [0.2, 0.25) is 0 Å². The molecule has 0 bridgehead atoms. The van der Waals surface area contributed by atoms with Gasteiger partial charge in [-0.25, -0.2) is 4.79 Å². The molecule has 17 heavy (non-hydrogen) atoms. The van der Waals surface area contributed by atoms with E-state index in [2.05, 4.69) is 22.9 Å². The summed E-state index contributed by atoms with van der Waals surface area (Å²) >= 11 is 3.38. The highest BCUT2D eigenvalue weighted by Crippen LogP contribution is 2.25. The molecule has 4 heteroatoms. The van der Waals surface area contributed by atoms with Crippen LogP contribution in [0.25, 0.3) is 10.9 Å². The van der Waals surface area contributed by atoms with Crippen molar-refractivity contribution in [3.8, 4) is 0 Å². The minimum Gasteiger partial charge on any atom is -0.478 e. The molecule has 1 heterocycles. The fourth-order valence-electron chi connectivity index (χ4n) is 1.95. The van der Waals surface area contributed by atoms with Crippen molar-refractivity contribution in [1.82, 2.24) is 4.57 Å². The smallest absolute Gasteiger partial charge is 0.337 e. The van der Waals surface area contributed by atoms with Crippen LogP contribution in [0.15, 0.2) is 28.9 Å². The Bertz CT molecular complexity index is 560. The SMILES string of the molecule is CCCCn1cc(C(=O)O)c2cc(Br)ccc21. The minimum absolute atomic E-state index is 0.373. The number of halogens is 1. The van der Waals surface area contributed by atoms with Crippen LogP contribution < -0.4 is 0 Å². The average molecular weight is 296 g/mol. The molecule has 0 saturated carbocycles. The second-order valence-electron chi connectivity index (χ2n) is 4.06. The van der Waals surface area contributed by atoms with Gasteiger partial charge >= 0.3 is 5.97 Å². The van der Waals surface area contributed by atoms with Gasteiger partial charge in [-0.15, -0.1) is 0 Å². The molecule has 0 unspecified atom stereocenters. The molecule has 0 aliphatic heterocycles. The number of aromatic nitrogens is 1. The molecule has 0 aliphatic carbocycles. The maximum absolute atomic E-state index is 11.2. The van der Waals surface area contributed by atoms with Gasteiger partial charge in [0.05, 0.1) is 5.56 Å². The maximum atomic E-state index is 11.2. The zero-order chi connectivity index (χ0) is 12.4. The predicted molar refractivity (Wildman–Crippen MR) is 71.5 cm³/mol. The van der Waals surface area contributed by atoms with Crippen molar-refractivity contribution in [2.75, 3.05) is 0 Å². The van der Waals surface area contributed by atoms with Crippen molar-refractivity contribution in [3.05, 3.63) is 34.4 Å². The van der Waals surface area contributed by atoms with Crippen molar-refractivity contribution in [2.24, 2.45) is 0 Å². The number of benzene rings is 1. The van der Waals surface area contributed by atoms with E-state index in [0.717, 1.165) is 34.8 Å². The summed E-state index contributed by atoms with van der Waals surface area (Å²) in [6.45, 7) is 2.99. The third-order valence-electron chi connectivity index (χ3n) is 2.83. The van der Waals surface area contributed by atoms with Gasteiger partial charge in [0.15, 0.2) is 0 Å². The Labute approximate surface area is 108 Å². The number of carboxylic acid groups (broad SMARTS) is 1. The van der Waals surface area contributed by atoms with E-state index < -0.39 is 5.97 Å². The van der Waals surface area contributed by atoms with Crippen molar-refractivity contribution >= 4 is 32.8 Å². The predicted octanol–water partition coefficient (Wildman–Crippen LogP) is 3.90. The largest absolute Gasteiger partial charge is 0.478 e. The van der Waals surface area contributed by atoms with Crippen LogP contribution in [-0.2, 0) is 6.54 Å². The molecule has 1 N–H and O–H groups in total. The van der Waals surface area contributed by atoms with E-state index in [1.54, 1.807) is 6.20 Å². The standard InChI is InChI=1S/C13H14BrNO2/c1-2-3-6-15-8-11(13(16)17)10-7-9(14)4-5-12(10)15/h4-5,7-8H,2-3,6H2,1H3,(H,16,17). The molecule has 0 saturated heterocycles. The van der Waals surface area contributed by atoms with Gasteiger partial charge in [0.2, 0.25) is 0 Å². The van der Waals surface area contributed by atoms with E-state index in [-0.39, 0.29) is 0 Å². The first-order valence-corrected chi connectivity index (χ1v) is 6.44. The number of nitrogens with zero attached hydrogens (tertiary/aromatic N) is 1. The topological polar surface area (TPSA) is 42.2 Å². The molecule has 1 aromatic heterocycles. The molecule has 0 radical (unpaired) electrons. The van der Waals surface area contributed by atoms with Crippen LogP contribution in [0, 0.1) is 0 Å². The summed E-state index contributed by atoms with van der Waals surface area (Å²) in [5.74, 6) is -0.872. The number of aromatic carboxylic acids is 1. The second kappa shape index (κ2) is 4.92. The van der Waals surface area contributed by atoms with E-state index in [9.17, 15) is 9.90 Å². The molecule has 0 spiro atoms. The molecule has 0 aliphatic rings. The van der Waals surface area contributed by atoms with E-state index in [1.165, 1.54) is 0 Å². The fourth-order valence-corrected chi connectivity index (χ4v) is 2.31. The molecule has 2 rings (SSSR count). The van der Waals surface area contributed by atoms with Crippen LogP contribution in [0.4, 0.5) is 0 Å². The van der Waals surface area contributed by atoms with Gasteiger partial charge in [0.1, 0.15) is 0 Å². The van der Waals surface area contributed by atoms with Gasteiger partial charge in [-0.3, -0.25) is 0 Å². The lowest BCUT2D eigenvalue weighted by molar-refractivity contribution is 0.0699. The molecule has 2 aromatic rings. The Morgan fingerprint density at radius 3 is 2.88 bits per heavy atom. The van der Waals surface area contributed by atoms with Crippen LogP contribution in [0.5, 0.6) is 0 Å². The van der Waals surface area contributed by atoms with Crippen molar-refractivity contribution < 1.29 is 9.90 Å². The Morgan fingerprint density at radius 2 is 2.24 bits per heavy atom. The van der Waals surface area contributed by atoms with Crippen LogP contribution >= 0.6 is 15.9 Å². The van der Waals surface area contributed by atoms with Gasteiger partial charge in [-0.2, -0.15) is 0 Å². The number of hydrogen-bond acceptors (Lipinski definition) is 1. The Morgan fingerprint density at radius 1 is 1.47 bits per heavy atom. The maximum Gasteiger partial charge on any atom is 0.337 e. The number of carboxylic acids is 1. The summed E-state index contributed by atoms with van der Waals surface area (Å²) in [6, 6.07) is 5.76. The summed E-state index contributed by atoms with van der Waals surface area (Å²) in [7, 11) is 0. The highest BCUT2D eigenvalue weighted by atomic mass is 79.9. The summed E-state index contributed by atoms with van der Waals surface area (Å²) in [5, 5.41) is 9.98. The molecule has 0 atom stereocenters.